The van der Waals surface area contributed by atoms with Crippen molar-refractivity contribution in [3.63, 3.8) is 0 Å². The van der Waals surface area contributed by atoms with Crippen LogP contribution < -0.4 is 14.2 Å². The van der Waals surface area contributed by atoms with Gasteiger partial charge >= 0.3 is 0 Å². The predicted molar refractivity (Wildman–Crippen MR) is 107 cm³/mol. The van der Waals surface area contributed by atoms with Crippen LogP contribution in [0.2, 0.25) is 0 Å². The van der Waals surface area contributed by atoms with Gasteiger partial charge in [0, 0.05) is 42.7 Å². The second-order valence-corrected chi connectivity index (χ2v) is 7.55. The minimum Gasteiger partial charge on any atom is -0.490 e. The van der Waals surface area contributed by atoms with E-state index in [2.05, 4.69) is 34.8 Å². The van der Waals surface area contributed by atoms with E-state index in [1.165, 1.54) is 0 Å². The van der Waals surface area contributed by atoms with E-state index in [9.17, 15) is 0 Å². The van der Waals surface area contributed by atoms with Crippen LogP contribution in [0, 0.1) is 6.92 Å². The Morgan fingerprint density at radius 2 is 1.93 bits per heavy atom. The van der Waals surface area contributed by atoms with Gasteiger partial charge < -0.3 is 14.2 Å². The highest BCUT2D eigenvalue weighted by molar-refractivity contribution is 5.36. The van der Waals surface area contributed by atoms with E-state index in [-0.39, 0.29) is 12.1 Å². The molecule has 0 saturated carbocycles. The zero-order valence-corrected chi connectivity index (χ0v) is 17.0. The third-order valence-electron chi connectivity index (χ3n) is 5.52. The third-order valence-corrected chi connectivity index (χ3v) is 5.52. The number of pyridine rings is 2. The second kappa shape index (κ2) is 8.35. The summed E-state index contributed by atoms with van der Waals surface area (Å²) >= 11 is 0. The molecule has 1 fully saturated rings. The Morgan fingerprint density at radius 3 is 2.71 bits per heavy atom. The van der Waals surface area contributed by atoms with E-state index in [1.807, 2.05) is 25.1 Å². The first kappa shape index (κ1) is 19.0. The van der Waals surface area contributed by atoms with Crippen LogP contribution in [-0.2, 0) is 6.42 Å². The average molecular weight is 383 g/mol. The van der Waals surface area contributed by atoms with Crippen molar-refractivity contribution in [2.24, 2.45) is 0 Å². The first-order valence-electron chi connectivity index (χ1n) is 10.3. The molecule has 2 aliphatic heterocycles. The normalized spacial score (nSPS) is 18.7. The maximum Gasteiger partial charge on any atom is 0.257 e. The van der Waals surface area contributed by atoms with Crippen molar-refractivity contribution >= 4 is 0 Å². The molecule has 28 heavy (non-hydrogen) atoms. The molecule has 0 radical (unpaired) electrons. The number of likely N-dealkylation sites (tertiary alicyclic amines) is 1. The summed E-state index contributed by atoms with van der Waals surface area (Å²) < 4.78 is 17.5. The van der Waals surface area contributed by atoms with Gasteiger partial charge in [-0.2, -0.15) is 0 Å². The molecule has 6 nitrogen and oxygen atoms in total. The van der Waals surface area contributed by atoms with Crippen molar-refractivity contribution in [2.75, 3.05) is 26.3 Å². The molecular formula is C22H29N3O3. The molecule has 2 aromatic rings. The molecule has 0 amide bonds. The average Bonchev–Trinajstić information content (AvgIpc) is 2.73. The molecule has 1 unspecified atom stereocenters. The van der Waals surface area contributed by atoms with Crippen molar-refractivity contribution in [3.8, 4) is 17.4 Å². The van der Waals surface area contributed by atoms with E-state index >= 15 is 0 Å². The van der Waals surface area contributed by atoms with E-state index in [0.717, 1.165) is 60.9 Å². The fourth-order valence-electron chi connectivity index (χ4n) is 3.89. The predicted octanol–water partition coefficient (Wildman–Crippen LogP) is 3.72. The van der Waals surface area contributed by atoms with E-state index in [4.69, 9.17) is 14.2 Å². The van der Waals surface area contributed by atoms with Crippen molar-refractivity contribution in [3.05, 3.63) is 41.3 Å². The number of ether oxygens (including phenoxy) is 3. The molecule has 0 aromatic carbocycles. The number of aromatic nitrogens is 2. The lowest BCUT2D eigenvalue weighted by Gasteiger charge is -2.36. The molecule has 0 aliphatic carbocycles. The minimum atomic E-state index is 0.242. The maximum atomic E-state index is 6.27. The Bertz CT molecular complexity index is 819. The van der Waals surface area contributed by atoms with Gasteiger partial charge in [0.05, 0.1) is 5.69 Å². The van der Waals surface area contributed by atoms with Crippen LogP contribution in [0.5, 0.6) is 17.4 Å². The maximum absolute atomic E-state index is 6.27. The molecule has 1 atom stereocenters. The molecule has 6 heteroatoms. The molecule has 2 aromatic heterocycles. The quantitative estimate of drug-likeness (QED) is 0.784. The van der Waals surface area contributed by atoms with E-state index in [1.54, 1.807) is 0 Å². The molecule has 1 saturated heterocycles. The number of fused-ring (bicyclic) bond motifs is 1. The molecule has 2 aliphatic rings. The second-order valence-electron chi connectivity index (χ2n) is 7.55. The van der Waals surface area contributed by atoms with Crippen molar-refractivity contribution in [1.82, 2.24) is 14.9 Å². The SMILES string of the molecule is CCc1cc(OC2CCN(C(C)c3ccc4c(n3)OCCO4)CC2)cc(C)n1. The van der Waals surface area contributed by atoms with Gasteiger partial charge in [0.25, 0.3) is 5.88 Å². The summed E-state index contributed by atoms with van der Waals surface area (Å²) in [6, 6.07) is 8.37. The van der Waals surface area contributed by atoms with Gasteiger partial charge in [-0.05, 0) is 45.2 Å². The van der Waals surface area contributed by atoms with Crippen molar-refractivity contribution in [2.45, 2.75) is 52.2 Å². The molecule has 0 spiro atoms. The van der Waals surface area contributed by atoms with Gasteiger partial charge in [-0.1, -0.05) is 6.92 Å². The van der Waals surface area contributed by atoms with Crippen LogP contribution in [-0.4, -0.2) is 47.3 Å². The van der Waals surface area contributed by atoms with Crippen LogP contribution in [0.1, 0.15) is 49.8 Å². The summed E-state index contributed by atoms with van der Waals surface area (Å²) in [6.45, 7) is 9.50. The molecule has 0 bridgehead atoms. The first-order valence-corrected chi connectivity index (χ1v) is 10.3. The van der Waals surface area contributed by atoms with E-state index in [0.29, 0.717) is 19.1 Å². The summed E-state index contributed by atoms with van der Waals surface area (Å²) in [6.07, 6.45) is 3.20. The lowest BCUT2D eigenvalue weighted by atomic mass is 10.0. The summed E-state index contributed by atoms with van der Waals surface area (Å²) in [7, 11) is 0. The monoisotopic (exact) mass is 383 g/mol. The van der Waals surface area contributed by atoms with Crippen LogP contribution >= 0.6 is 0 Å². The summed E-state index contributed by atoms with van der Waals surface area (Å²) in [4.78, 5) is 11.7. The van der Waals surface area contributed by atoms with E-state index < -0.39 is 0 Å². The van der Waals surface area contributed by atoms with Gasteiger partial charge in [-0.25, -0.2) is 4.98 Å². The van der Waals surface area contributed by atoms with Crippen LogP contribution in [0.3, 0.4) is 0 Å². The molecule has 150 valence electrons. The molecular weight excluding hydrogens is 354 g/mol. The fraction of sp³-hybridized carbons (Fsp3) is 0.545. The Hall–Kier alpha value is -2.34. The number of aryl methyl sites for hydroxylation is 2. The summed E-state index contributed by atoms with van der Waals surface area (Å²) in [5.74, 6) is 2.31. The smallest absolute Gasteiger partial charge is 0.257 e. The zero-order valence-electron chi connectivity index (χ0n) is 17.0. The Morgan fingerprint density at radius 1 is 1.14 bits per heavy atom. The van der Waals surface area contributed by atoms with Gasteiger partial charge in [0.2, 0.25) is 0 Å². The number of piperidine rings is 1. The lowest BCUT2D eigenvalue weighted by Crippen LogP contribution is -2.39. The van der Waals surface area contributed by atoms with Crippen LogP contribution in [0.15, 0.2) is 24.3 Å². The molecule has 4 rings (SSSR count). The lowest BCUT2D eigenvalue weighted by molar-refractivity contribution is 0.0779. The third kappa shape index (κ3) is 4.22. The standard InChI is InChI=1S/C22H29N3O3/c1-4-17-14-19(13-15(2)23-17)28-18-7-9-25(10-8-18)16(3)20-5-6-21-22(24-20)27-12-11-26-21/h5-6,13-14,16,18H,4,7-12H2,1-3H3. The van der Waals surface area contributed by atoms with Crippen molar-refractivity contribution < 1.29 is 14.2 Å². The zero-order chi connectivity index (χ0) is 19.5. The number of hydrogen-bond donors (Lipinski definition) is 0. The summed E-state index contributed by atoms with van der Waals surface area (Å²) in [5.41, 5.74) is 3.14. The highest BCUT2D eigenvalue weighted by atomic mass is 16.6. The summed E-state index contributed by atoms with van der Waals surface area (Å²) in [5, 5.41) is 0. The molecule has 4 heterocycles. The number of nitrogens with zero attached hydrogens (tertiary/aromatic N) is 3. The van der Waals surface area contributed by atoms with Crippen molar-refractivity contribution in [1.29, 1.82) is 0 Å². The topological polar surface area (TPSA) is 56.7 Å². The van der Waals surface area contributed by atoms with Crippen LogP contribution in [0.25, 0.3) is 0 Å². The van der Waals surface area contributed by atoms with Crippen LogP contribution in [0.4, 0.5) is 0 Å². The fourth-order valence-corrected chi connectivity index (χ4v) is 3.89. The largest absolute Gasteiger partial charge is 0.490 e. The molecule has 0 N–H and O–H groups in total. The number of rotatable bonds is 5. The Labute approximate surface area is 166 Å². The van der Waals surface area contributed by atoms with Gasteiger partial charge in [-0.15, -0.1) is 0 Å². The highest BCUT2D eigenvalue weighted by Gasteiger charge is 2.26. The number of hydrogen-bond acceptors (Lipinski definition) is 6. The first-order chi connectivity index (χ1) is 13.6. The van der Waals surface area contributed by atoms with Gasteiger partial charge in [-0.3, -0.25) is 9.88 Å². The Kier molecular flexibility index (Phi) is 5.67. The minimum absolute atomic E-state index is 0.242. The highest BCUT2D eigenvalue weighted by Crippen LogP contribution is 2.32. The van der Waals surface area contributed by atoms with Gasteiger partial charge in [0.15, 0.2) is 5.75 Å². The Balaban J connectivity index is 1.35. The van der Waals surface area contributed by atoms with Gasteiger partial charge in [0.1, 0.15) is 25.1 Å².